The predicted molar refractivity (Wildman–Crippen MR) is 108 cm³/mol. The number of rotatable bonds is 3. The molecular weight excluding hydrogens is 392 g/mol. The zero-order valence-corrected chi connectivity index (χ0v) is 17.6. The van der Waals surface area contributed by atoms with Gasteiger partial charge in [0, 0.05) is 38.6 Å². The number of fused-ring (bicyclic) bond motifs is 1. The molecule has 0 saturated carbocycles. The molecule has 0 unspecified atom stereocenters. The van der Waals surface area contributed by atoms with Crippen LogP contribution in [0.3, 0.4) is 0 Å². The molecule has 4 rings (SSSR count). The van der Waals surface area contributed by atoms with E-state index in [2.05, 4.69) is 5.10 Å². The molecule has 0 N–H and O–H groups in total. The second kappa shape index (κ2) is 7.31. The fourth-order valence-corrected chi connectivity index (χ4v) is 5.71. The fourth-order valence-electron chi connectivity index (χ4n) is 3.84. The molecule has 0 radical (unpaired) electrons. The zero-order valence-electron chi connectivity index (χ0n) is 16.8. The molecule has 3 aromatic rings. The van der Waals surface area contributed by atoms with Gasteiger partial charge in [-0.1, -0.05) is 18.2 Å². The molecule has 0 spiro atoms. The van der Waals surface area contributed by atoms with Crippen LogP contribution in [0.2, 0.25) is 0 Å². The lowest BCUT2D eigenvalue weighted by Crippen LogP contribution is -2.37. The Balaban J connectivity index is 1.54. The van der Waals surface area contributed by atoms with Crippen LogP contribution in [0.5, 0.6) is 0 Å². The monoisotopic (exact) mass is 416 g/mol. The number of benzene rings is 1. The second-order valence-electron chi connectivity index (χ2n) is 7.32. The highest BCUT2D eigenvalue weighted by molar-refractivity contribution is 7.89. The first-order valence-corrected chi connectivity index (χ1v) is 11.0. The van der Waals surface area contributed by atoms with Gasteiger partial charge in [0.2, 0.25) is 10.0 Å². The largest absolute Gasteiger partial charge is 0.451 e. The van der Waals surface area contributed by atoms with Crippen molar-refractivity contribution in [2.45, 2.75) is 25.2 Å². The van der Waals surface area contributed by atoms with Crippen molar-refractivity contribution < 1.29 is 17.6 Å². The molecule has 1 aliphatic heterocycles. The molecule has 1 fully saturated rings. The lowest BCUT2D eigenvalue weighted by Gasteiger charge is -2.21. The quantitative estimate of drug-likeness (QED) is 0.654. The molecule has 2 aromatic heterocycles. The highest BCUT2D eigenvalue weighted by Gasteiger charge is 2.33. The van der Waals surface area contributed by atoms with Gasteiger partial charge >= 0.3 is 0 Å². The number of aryl methyl sites for hydroxylation is 2. The summed E-state index contributed by atoms with van der Waals surface area (Å²) in [6.45, 7) is 4.85. The molecule has 154 valence electrons. The summed E-state index contributed by atoms with van der Waals surface area (Å²) < 4.78 is 35.1. The molecule has 1 aromatic carbocycles. The van der Waals surface area contributed by atoms with Gasteiger partial charge in [-0.3, -0.25) is 9.48 Å². The summed E-state index contributed by atoms with van der Waals surface area (Å²) in [7, 11) is -1.94. The number of para-hydroxylation sites is 1. The van der Waals surface area contributed by atoms with Crippen molar-refractivity contribution >= 4 is 26.9 Å². The molecule has 3 heterocycles. The molecule has 0 atom stereocenters. The van der Waals surface area contributed by atoms with Crippen molar-refractivity contribution in [2.24, 2.45) is 7.05 Å². The van der Waals surface area contributed by atoms with E-state index in [4.69, 9.17) is 4.42 Å². The number of sulfonamides is 1. The van der Waals surface area contributed by atoms with Crippen LogP contribution in [-0.2, 0) is 17.1 Å². The Morgan fingerprint density at radius 3 is 2.55 bits per heavy atom. The molecule has 1 aliphatic rings. The topological polar surface area (TPSA) is 88.7 Å². The van der Waals surface area contributed by atoms with Crippen molar-refractivity contribution in [1.82, 2.24) is 19.0 Å². The van der Waals surface area contributed by atoms with Gasteiger partial charge in [-0.25, -0.2) is 8.42 Å². The number of aromatic nitrogens is 2. The Bertz CT molecular complexity index is 1150. The van der Waals surface area contributed by atoms with Gasteiger partial charge in [0.1, 0.15) is 10.5 Å². The summed E-state index contributed by atoms with van der Waals surface area (Å²) in [5.74, 6) is 0.0654. The zero-order chi connectivity index (χ0) is 20.8. The molecular formula is C20H24N4O4S. The average molecular weight is 417 g/mol. The van der Waals surface area contributed by atoms with Crippen LogP contribution in [-0.4, -0.2) is 59.5 Å². The summed E-state index contributed by atoms with van der Waals surface area (Å²) in [4.78, 5) is 14.8. The van der Waals surface area contributed by atoms with Crippen molar-refractivity contribution in [1.29, 1.82) is 0 Å². The van der Waals surface area contributed by atoms with Crippen LogP contribution >= 0.6 is 0 Å². The molecule has 9 heteroatoms. The fraction of sp³-hybridized carbons (Fsp3) is 0.400. The number of hydrogen-bond acceptors (Lipinski definition) is 5. The van der Waals surface area contributed by atoms with E-state index in [1.54, 1.807) is 36.5 Å². The number of nitrogens with zero attached hydrogens (tertiary/aromatic N) is 4. The first-order valence-electron chi connectivity index (χ1n) is 9.57. The van der Waals surface area contributed by atoms with E-state index in [0.29, 0.717) is 43.0 Å². The second-order valence-corrected chi connectivity index (χ2v) is 9.20. The lowest BCUT2D eigenvalue weighted by molar-refractivity contribution is 0.0734. The number of furan rings is 1. The van der Waals surface area contributed by atoms with E-state index in [9.17, 15) is 13.2 Å². The summed E-state index contributed by atoms with van der Waals surface area (Å²) >= 11 is 0. The van der Waals surface area contributed by atoms with Crippen molar-refractivity contribution in [2.75, 3.05) is 26.2 Å². The van der Waals surface area contributed by atoms with Crippen LogP contribution < -0.4 is 0 Å². The predicted octanol–water partition coefficient (Wildman–Crippen LogP) is 2.32. The van der Waals surface area contributed by atoms with Crippen molar-refractivity contribution in [3.63, 3.8) is 0 Å². The Morgan fingerprint density at radius 2 is 1.86 bits per heavy atom. The first kappa shape index (κ1) is 19.7. The minimum absolute atomic E-state index is 0.214. The van der Waals surface area contributed by atoms with Gasteiger partial charge in [0.15, 0.2) is 5.76 Å². The Morgan fingerprint density at radius 1 is 1.10 bits per heavy atom. The summed E-state index contributed by atoms with van der Waals surface area (Å²) in [5.41, 5.74) is 1.77. The van der Waals surface area contributed by atoms with E-state index in [1.807, 2.05) is 24.3 Å². The summed E-state index contributed by atoms with van der Waals surface area (Å²) in [6, 6.07) is 9.20. The smallest absolute Gasteiger partial charge is 0.289 e. The third-order valence-electron chi connectivity index (χ3n) is 5.42. The van der Waals surface area contributed by atoms with Crippen LogP contribution in [0, 0.1) is 13.8 Å². The molecule has 0 bridgehead atoms. The minimum Gasteiger partial charge on any atom is -0.451 e. The summed E-state index contributed by atoms with van der Waals surface area (Å²) in [6.07, 6.45) is 0.559. The third kappa shape index (κ3) is 3.44. The lowest BCUT2D eigenvalue weighted by atomic mass is 10.2. The van der Waals surface area contributed by atoms with E-state index < -0.39 is 10.0 Å². The maximum atomic E-state index is 13.2. The number of carbonyl (C=O) groups excluding carboxylic acids is 1. The van der Waals surface area contributed by atoms with Crippen LogP contribution in [0.4, 0.5) is 0 Å². The van der Waals surface area contributed by atoms with Crippen LogP contribution in [0.25, 0.3) is 11.0 Å². The molecule has 0 aliphatic carbocycles. The van der Waals surface area contributed by atoms with Gasteiger partial charge in [-0.15, -0.1) is 0 Å². The first-order chi connectivity index (χ1) is 13.8. The highest BCUT2D eigenvalue weighted by Crippen LogP contribution is 2.25. The van der Waals surface area contributed by atoms with Crippen LogP contribution in [0.1, 0.15) is 28.4 Å². The number of hydrogen-bond donors (Lipinski definition) is 0. The molecule has 1 saturated heterocycles. The Kier molecular flexibility index (Phi) is 4.95. The number of carbonyl (C=O) groups is 1. The van der Waals surface area contributed by atoms with Crippen LogP contribution in [0.15, 0.2) is 39.6 Å². The van der Waals surface area contributed by atoms with Crippen molar-refractivity contribution in [3.8, 4) is 0 Å². The van der Waals surface area contributed by atoms with Gasteiger partial charge in [-0.05, 0) is 32.4 Å². The minimum atomic E-state index is -3.67. The van der Waals surface area contributed by atoms with Gasteiger partial charge < -0.3 is 9.32 Å². The standard InChI is InChI=1S/C20H24N4O4S/c1-14-19(15(2)22(3)21-14)29(26,27)24-10-6-9-23(11-12-24)20(25)18-13-16-7-4-5-8-17(16)28-18/h4-5,7-8,13H,6,9-12H2,1-3H3. The maximum Gasteiger partial charge on any atom is 0.289 e. The Labute approximate surface area is 169 Å². The van der Waals surface area contributed by atoms with Crippen molar-refractivity contribution in [3.05, 3.63) is 47.5 Å². The maximum absolute atomic E-state index is 13.2. The normalized spacial score (nSPS) is 16.3. The SMILES string of the molecule is Cc1nn(C)c(C)c1S(=O)(=O)N1CCCN(C(=O)c2cc3ccccc3o2)CC1. The van der Waals surface area contributed by atoms with Gasteiger partial charge in [0.25, 0.3) is 5.91 Å². The molecule has 29 heavy (non-hydrogen) atoms. The van der Waals surface area contributed by atoms with E-state index >= 15 is 0 Å². The number of amides is 1. The molecule has 8 nitrogen and oxygen atoms in total. The van der Waals surface area contributed by atoms with E-state index in [-0.39, 0.29) is 23.1 Å². The summed E-state index contributed by atoms with van der Waals surface area (Å²) in [5, 5.41) is 5.11. The highest BCUT2D eigenvalue weighted by atomic mass is 32.2. The van der Waals surface area contributed by atoms with E-state index in [0.717, 1.165) is 5.39 Å². The third-order valence-corrected chi connectivity index (χ3v) is 7.57. The Hall–Kier alpha value is -2.65. The van der Waals surface area contributed by atoms with E-state index in [1.165, 1.54) is 4.31 Å². The average Bonchev–Trinajstić information content (AvgIpc) is 3.10. The van der Waals surface area contributed by atoms with Gasteiger partial charge in [-0.2, -0.15) is 9.40 Å². The molecule has 1 amide bonds. The van der Waals surface area contributed by atoms with Gasteiger partial charge in [0.05, 0.1) is 11.4 Å².